The van der Waals surface area contributed by atoms with Crippen LogP contribution in [0.15, 0.2) is 0 Å². The molecule has 0 aromatic heterocycles. The second kappa shape index (κ2) is 8.51. The summed E-state index contributed by atoms with van der Waals surface area (Å²) in [6.45, 7) is 7.88. The van der Waals surface area contributed by atoms with Crippen LogP contribution in [0.4, 0.5) is 0 Å². The Morgan fingerprint density at radius 2 is 1.21 bits per heavy atom. The Balaban J connectivity index is 0. The molecule has 76 valence electrons. The standard InChI is InChI=1S/C11H19O2.Na/c1-8(2)5-10(12)7-11(13)6-9(3)4;/h7-9H,5-6H2,1-4H3;/q-1;+1. The van der Waals surface area contributed by atoms with E-state index in [0.717, 1.165) is 0 Å². The monoisotopic (exact) mass is 206 g/mol. The predicted octanol–water partition coefficient (Wildman–Crippen LogP) is -0.575. The van der Waals surface area contributed by atoms with Crippen molar-refractivity contribution in [1.29, 1.82) is 0 Å². The summed E-state index contributed by atoms with van der Waals surface area (Å²) in [7, 11) is 0. The van der Waals surface area contributed by atoms with Crippen LogP contribution in [0.5, 0.6) is 0 Å². The van der Waals surface area contributed by atoms with Gasteiger partial charge in [0.05, 0.1) is 0 Å². The number of carbonyl (C=O) groups excluding carboxylic acids is 2. The molecule has 0 spiro atoms. The number of Topliss-reactive ketones (excluding diaryl/α,β-unsaturated/α-hetero) is 2. The van der Waals surface area contributed by atoms with Gasteiger partial charge in [-0.15, -0.1) is 0 Å². The summed E-state index contributed by atoms with van der Waals surface area (Å²) in [5, 5.41) is 0. The first-order valence-electron chi connectivity index (χ1n) is 4.82. The van der Waals surface area contributed by atoms with Gasteiger partial charge in [-0.3, -0.25) is 6.42 Å². The van der Waals surface area contributed by atoms with Gasteiger partial charge in [-0.05, 0) is 24.7 Å². The fourth-order valence-corrected chi connectivity index (χ4v) is 1.10. The number of hydrogen-bond donors (Lipinski definition) is 0. The molecule has 14 heavy (non-hydrogen) atoms. The topological polar surface area (TPSA) is 34.1 Å². The maximum atomic E-state index is 11.2. The van der Waals surface area contributed by atoms with Crippen molar-refractivity contribution in [3.05, 3.63) is 6.42 Å². The van der Waals surface area contributed by atoms with E-state index in [2.05, 4.69) is 0 Å². The van der Waals surface area contributed by atoms with E-state index in [-0.39, 0.29) is 41.1 Å². The van der Waals surface area contributed by atoms with Crippen molar-refractivity contribution in [3.63, 3.8) is 0 Å². The minimum absolute atomic E-state index is 0. The van der Waals surface area contributed by atoms with Gasteiger partial charge in [-0.1, -0.05) is 27.7 Å². The van der Waals surface area contributed by atoms with Crippen LogP contribution in [-0.4, -0.2) is 11.6 Å². The molecule has 0 rings (SSSR count). The molecular weight excluding hydrogens is 187 g/mol. The average molecular weight is 206 g/mol. The van der Waals surface area contributed by atoms with Crippen molar-refractivity contribution in [2.75, 3.05) is 0 Å². The van der Waals surface area contributed by atoms with Gasteiger partial charge >= 0.3 is 29.6 Å². The second-order valence-electron chi connectivity index (χ2n) is 4.27. The number of ketones is 2. The normalized spacial score (nSPS) is 9.86. The van der Waals surface area contributed by atoms with Crippen molar-refractivity contribution >= 4 is 11.6 Å². The molecule has 0 atom stereocenters. The second-order valence-corrected chi connectivity index (χ2v) is 4.27. The third-order valence-electron chi connectivity index (χ3n) is 1.54. The minimum atomic E-state index is -0.0411. The molecule has 0 bridgehead atoms. The van der Waals surface area contributed by atoms with Crippen LogP contribution in [0.25, 0.3) is 0 Å². The summed E-state index contributed by atoms with van der Waals surface area (Å²) < 4.78 is 0. The van der Waals surface area contributed by atoms with E-state index >= 15 is 0 Å². The first-order chi connectivity index (χ1) is 5.91. The van der Waals surface area contributed by atoms with E-state index in [1.54, 1.807) is 0 Å². The number of rotatable bonds is 6. The van der Waals surface area contributed by atoms with Crippen molar-refractivity contribution in [3.8, 4) is 0 Å². The quantitative estimate of drug-likeness (QED) is 0.331. The van der Waals surface area contributed by atoms with E-state index in [1.807, 2.05) is 27.7 Å². The molecule has 0 aromatic carbocycles. The van der Waals surface area contributed by atoms with Crippen molar-refractivity contribution in [2.24, 2.45) is 11.8 Å². The summed E-state index contributed by atoms with van der Waals surface area (Å²) in [6.07, 6.45) is 2.20. The molecule has 0 aromatic rings. The first kappa shape index (κ1) is 16.6. The van der Waals surface area contributed by atoms with E-state index in [1.165, 1.54) is 6.42 Å². The zero-order chi connectivity index (χ0) is 10.4. The van der Waals surface area contributed by atoms with E-state index < -0.39 is 0 Å². The fourth-order valence-electron chi connectivity index (χ4n) is 1.10. The molecule has 2 nitrogen and oxygen atoms in total. The van der Waals surface area contributed by atoms with Crippen LogP contribution >= 0.6 is 0 Å². The Bertz CT molecular complexity index is 166. The summed E-state index contributed by atoms with van der Waals surface area (Å²) in [6, 6.07) is 0. The Labute approximate surface area is 109 Å². The molecule has 0 aliphatic heterocycles. The Morgan fingerprint density at radius 1 is 0.929 bits per heavy atom. The van der Waals surface area contributed by atoms with Gasteiger partial charge in [0, 0.05) is 11.6 Å². The van der Waals surface area contributed by atoms with Crippen LogP contribution in [0.2, 0.25) is 0 Å². The maximum absolute atomic E-state index is 11.2. The molecule has 0 radical (unpaired) electrons. The van der Waals surface area contributed by atoms with Gasteiger partial charge in [0.2, 0.25) is 0 Å². The van der Waals surface area contributed by atoms with Crippen molar-refractivity contribution < 1.29 is 39.1 Å². The molecule has 0 heterocycles. The minimum Gasteiger partial charge on any atom is -0.334 e. The molecule has 0 aliphatic rings. The van der Waals surface area contributed by atoms with Crippen molar-refractivity contribution in [2.45, 2.75) is 40.5 Å². The predicted molar refractivity (Wildman–Crippen MR) is 53.2 cm³/mol. The molecular formula is C11H19NaO2. The summed E-state index contributed by atoms with van der Waals surface area (Å²) >= 11 is 0. The molecule has 0 amide bonds. The average Bonchev–Trinajstić information content (AvgIpc) is 1.80. The van der Waals surface area contributed by atoms with Crippen molar-refractivity contribution in [1.82, 2.24) is 0 Å². The number of hydrogen-bond acceptors (Lipinski definition) is 2. The van der Waals surface area contributed by atoms with Gasteiger partial charge in [0.15, 0.2) is 0 Å². The fraction of sp³-hybridized carbons (Fsp3) is 0.727. The Morgan fingerprint density at radius 3 is 1.43 bits per heavy atom. The largest absolute Gasteiger partial charge is 1.00 e. The van der Waals surface area contributed by atoms with Crippen LogP contribution < -0.4 is 29.6 Å². The molecule has 0 N–H and O–H groups in total. The maximum Gasteiger partial charge on any atom is 1.00 e. The molecule has 3 heteroatoms. The zero-order valence-corrected chi connectivity index (χ0v) is 12.0. The van der Waals surface area contributed by atoms with Crippen LogP contribution in [0.1, 0.15) is 40.5 Å². The summed E-state index contributed by atoms with van der Waals surface area (Å²) in [4.78, 5) is 22.3. The van der Waals surface area contributed by atoms with E-state index in [4.69, 9.17) is 0 Å². The SMILES string of the molecule is CC(C)CC(=O)[CH-]C(=O)CC(C)C.[Na+]. The van der Waals surface area contributed by atoms with Gasteiger partial charge in [-0.25, -0.2) is 0 Å². The Kier molecular flexibility index (Phi) is 10.1. The number of carbonyl (C=O) groups is 2. The Hall–Kier alpha value is 0.210. The van der Waals surface area contributed by atoms with Crippen LogP contribution in [-0.2, 0) is 9.59 Å². The summed E-state index contributed by atoms with van der Waals surface area (Å²) in [5.41, 5.74) is 0. The van der Waals surface area contributed by atoms with Crippen LogP contribution in [0.3, 0.4) is 0 Å². The smallest absolute Gasteiger partial charge is 0.334 e. The molecule has 0 unspecified atom stereocenters. The summed E-state index contributed by atoms with van der Waals surface area (Å²) in [5.74, 6) is 0.576. The molecule has 0 saturated carbocycles. The van der Waals surface area contributed by atoms with Gasteiger partial charge in [0.25, 0.3) is 0 Å². The van der Waals surface area contributed by atoms with Gasteiger partial charge < -0.3 is 9.59 Å². The van der Waals surface area contributed by atoms with Gasteiger partial charge in [0.1, 0.15) is 0 Å². The zero-order valence-electron chi connectivity index (χ0n) is 9.96. The first-order valence-corrected chi connectivity index (χ1v) is 4.82. The van der Waals surface area contributed by atoms with Crippen LogP contribution in [0, 0.1) is 18.3 Å². The molecule has 0 saturated heterocycles. The van der Waals surface area contributed by atoms with Gasteiger partial charge in [-0.2, -0.15) is 0 Å². The third kappa shape index (κ3) is 10.3. The third-order valence-corrected chi connectivity index (χ3v) is 1.54. The van der Waals surface area contributed by atoms with E-state index in [0.29, 0.717) is 24.7 Å². The molecule has 0 fully saturated rings. The molecule has 0 aliphatic carbocycles. The van der Waals surface area contributed by atoms with E-state index in [9.17, 15) is 9.59 Å².